The molecule has 0 unspecified atom stereocenters. The van der Waals surface area contributed by atoms with E-state index in [2.05, 4.69) is 10.1 Å². The average Bonchev–Trinajstić information content (AvgIpc) is 3.02. The summed E-state index contributed by atoms with van der Waals surface area (Å²) in [6.07, 6.45) is 2.62. The lowest BCUT2D eigenvalue weighted by Crippen LogP contribution is -2.65. The van der Waals surface area contributed by atoms with Gasteiger partial charge in [0.25, 0.3) is 0 Å². The maximum atomic E-state index is 12.2. The van der Waals surface area contributed by atoms with Crippen LogP contribution in [0, 0.1) is 0 Å². The van der Waals surface area contributed by atoms with Gasteiger partial charge < -0.3 is 38.8 Å². The monoisotopic (exact) mass is 601 g/mol. The van der Waals surface area contributed by atoms with Gasteiger partial charge in [-0.15, -0.1) is 0 Å². The smallest absolute Gasteiger partial charge is 0.305 e. The van der Waals surface area contributed by atoms with E-state index in [0.717, 1.165) is 55.4 Å². The summed E-state index contributed by atoms with van der Waals surface area (Å²) in [6, 6.07) is 16.5. The summed E-state index contributed by atoms with van der Waals surface area (Å²) < 4.78 is 34.4. The Bertz CT molecular complexity index is 1070. The minimum atomic E-state index is -1.07. The number of rotatable bonds is 19. The van der Waals surface area contributed by atoms with Gasteiger partial charge in [-0.25, -0.2) is 0 Å². The van der Waals surface area contributed by atoms with Crippen LogP contribution in [0.2, 0.25) is 0 Å². The summed E-state index contributed by atoms with van der Waals surface area (Å²) in [5.74, 6) is 0.282. The molecule has 1 amide bonds. The van der Waals surface area contributed by atoms with Crippen LogP contribution in [0.5, 0.6) is 5.75 Å². The standard InChI is InChI=1S/C33H47NO9/c1-24(35)34-30-32(42-22-26-16-18-27(38-2)19-17-26)31(37)28(23-40-21-25-13-9-8-10-14-25)43-33(30)41-20-12-7-5-4-6-11-15-29(36)39-3/h8-10,13-14,16-19,28,30-33,37H,4-7,11-12,15,20-23H2,1-3H3,(H,34,35)/t28-,30+,31-,32-,33+/m1/s1. The molecule has 1 heterocycles. The molecule has 5 atom stereocenters. The number of aliphatic hydroxyl groups is 1. The van der Waals surface area contributed by atoms with Crippen LogP contribution >= 0.6 is 0 Å². The molecular formula is C33H47NO9. The molecule has 2 N–H and O–H groups in total. The van der Waals surface area contributed by atoms with Gasteiger partial charge in [0.1, 0.15) is 30.1 Å². The Morgan fingerprint density at radius 2 is 1.53 bits per heavy atom. The number of hydrogen-bond acceptors (Lipinski definition) is 9. The van der Waals surface area contributed by atoms with Crippen LogP contribution in [-0.4, -0.2) is 75.1 Å². The molecule has 238 valence electrons. The first-order valence-corrected chi connectivity index (χ1v) is 15.1. The van der Waals surface area contributed by atoms with E-state index >= 15 is 0 Å². The lowest BCUT2D eigenvalue weighted by atomic mass is 9.96. The summed E-state index contributed by atoms with van der Waals surface area (Å²) in [5, 5.41) is 14.2. The second kappa shape index (κ2) is 19.3. The lowest BCUT2D eigenvalue weighted by molar-refractivity contribution is -0.281. The minimum Gasteiger partial charge on any atom is -0.497 e. The molecule has 2 aromatic rings. The van der Waals surface area contributed by atoms with Gasteiger partial charge in [-0.3, -0.25) is 9.59 Å². The maximum absolute atomic E-state index is 12.2. The summed E-state index contributed by atoms with van der Waals surface area (Å²) in [4.78, 5) is 23.4. The van der Waals surface area contributed by atoms with Gasteiger partial charge in [0.05, 0.1) is 34.0 Å². The van der Waals surface area contributed by atoms with E-state index in [-0.39, 0.29) is 25.1 Å². The number of amides is 1. The molecule has 43 heavy (non-hydrogen) atoms. The van der Waals surface area contributed by atoms with Crippen molar-refractivity contribution < 1.29 is 43.1 Å². The number of carbonyl (C=O) groups excluding carboxylic acids is 2. The van der Waals surface area contributed by atoms with Crippen molar-refractivity contribution in [2.24, 2.45) is 0 Å². The Labute approximate surface area is 254 Å². The van der Waals surface area contributed by atoms with Gasteiger partial charge in [-0.05, 0) is 36.1 Å². The lowest BCUT2D eigenvalue weighted by Gasteiger charge is -2.44. The number of carbonyl (C=O) groups is 2. The zero-order valence-corrected chi connectivity index (χ0v) is 25.6. The van der Waals surface area contributed by atoms with Crippen molar-refractivity contribution in [1.29, 1.82) is 0 Å². The SMILES string of the molecule is COC(=O)CCCCCCCCO[C@H]1O[C@H](COCc2ccccc2)[C@@H](O)[C@H](OCc2ccc(OC)cc2)[C@@H]1NC(C)=O. The number of unbranched alkanes of at least 4 members (excludes halogenated alkanes) is 5. The van der Waals surface area contributed by atoms with Crippen molar-refractivity contribution in [2.75, 3.05) is 27.4 Å². The number of aliphatic hydroxyl groups excluding tert-OH is 1. The topological polar surface area (TPSA) is 122 Å². The number of ether oxygens (including phenoxy) is 6. The third-order valence-electron chi connectivity index (χ3n) is 7.32. The molecule has 10 nitrogen and oxygen atoms in total. The normalized spacial score (nSPS) is 21.7. The van der Waals surface area contributed by atoms with Gasteiger partial charge in [-0.2, -0.15) is 0 Å². The molecule has 1 aliphatic rings. The molecule has 10 heteroatoms. The highest BCUT2D eigenvalue weighted by Crippen LogP contribution is 2.27. The highest BCUT2D eigenvalue weighted by atomic mass is 16.7. The fraction of sp³-hybridized carbons (Fsp3) is 0.576. The molecule has 1 aliphatic heterocycles. The van der Waals surface area contributed by atoms with Crippen molar-refractivity contribution >= 4 is 11.9 Å². The van der Waals surface area contributed by atoms with Crippen molar-refractivity contribution in [1.82, 2.24) is 5.32 Å². The molecule has 0 spiro atoms. The van der Waals surface area contributed by atoms with Crippen LogP contribution in [0.3, 0.4) is 0 Å². The summed E-state index contributed by atoms with van der Waals surface area (Å²) in [7, 11) is 3.01. The van der Waals surface area contributed by atoms with Crippen LogP contribution in [-0.2, 0) is 46.5 Å². The molecule has 2 aromatic carbocycles. The van der Waals surface area contributed by atoms with Crippen LogP contribution in [0.1, 0.15) is 63.0 Å². The summed E-state index contributed by atoms with van der Waals surface area (Å²) >= 11 is 0. The first-order chi connectivity index (χ1) is 20.9. The fourth-order valence-corrected chi connectivity index (χ4v) is 4.95. The van der Waals surface area contributed by atoms with Gasteiger partial charge in [0.15, 0.2) is 6.29 Å². The van der Waals surface area contributed by atoms with Gasteiger partial charge in [-0.1, -0.05) is 68.1 Å². The van der Waals surface area contributed by atoms with Crippen LogP contribution in [0.25, 0.3) is 0 Å². The molecule has 3 rings (SSSR count). The van der Waals surface area contributed by atoms with E-state index in [1.54, 1.807) is 7.11 Å². The third-order valence-corrected chi connectivity index (χ3v) is 7.32. The van der Waals surface area contributed by atoms with Crippen molar-refractivity contribution in [3.05, 3.63) is 65.7 Å². The molecule has 0 radical (unpaired) electrons. The first-order valence-electron chi connectivity index (χ1n) is 15.1. The van der Waals surface area contributed by atoms with Crippen LogP contribution in [0.15, 0.2) is 54.6 Å². The Kier molecular flexibility index (Phi) is 15.5. The molecule has 0 aromatic heterocycles. The Balaban J connectivity index is 1.60. The fourth-order valence-electron chi connectivity index (χ4n) is 4.95. The number of nitrogens with one attached hydrogen (secondary N) is 1. The highest BCUT2D eigenvalue weighted by Gasteiger charge is 2.47. The van der Waals surface area contributed by atoms with E-state index in [1.165, 1.54) is 14.0 Å². The molecular weight excluding hydrogens is 554 g/mol. The third kappa shape index (κ3) is 12.2. The molecule has 1 fully saturated rings. The van der Waals surface area contributed by atoms with Crippen LogP contribution in [0.4, 0.5) is 0 Å². The van der Waals surface area contributed by atoms with E-state index in [4.69, 9.17) is 23.7 Å². The molecule has 0 saturated carbocycles. The van der Waals surface area contributed by atoms with E-state index in [1.807, 2.05) is 54.6 Å². The van der Waals surface area contributed by atoms with Crippen molar-refractivity contribution in [3.8, 4) is 5.75 Å². The second-order valence-electron chi connectivity index (χ2n) is 10.7. The zero-order valence-electron chi connectivity index (χ0n) is 25.6. The van der Waals surface area contributed by atoms with Crippen molar-refractivity contribution in [3.63, 3.8) is 0 Å². The largest absolute Gasteiger partial charge is 0.497 e. The minimum absolute atomic E-state index is 0.122. The maximum Gasteiger partial charge on any atom is 0.305 e. The molecule has 0 bridgehead atoms. The first kappa shape index (κ1) is 34.5. The van der Waals surface area contributed by atoms with Gasteiger partial charge in [0, 0.05) is 20.0 Å². The quantitative estimate of drug-likeness (QED) is 0.179. The van der Waals surface area contributed by atoms with E-state index in [0.29, 0.717) is 19.6 Å². The van der Waals surface area contributed by atoms with Gasteiger partial charge in [0.2, 0.25) is 5.91 Å². The summed E-state index contributed by atoms with van der Waals surface area (Å²) in [6.45, 7) is 2.53. The van der Waals surface area contributed by atoms with E-state index < -0.39 is 30.6 Å². The zero-order chi connectivity index (χ0) is 30.9. The average molecular weight is 602 g/mol. The second-order valence-corrected chi connectivity index (χ2v) is 10.7. The Hall–Kier alpha value is -3.02. The molecule has 1 saturated heterocycles. The van der Waals surface area contributed by atoms with E-state index in [9.17, 15) is 14.7 Å². The predicted molar refractivity (Wildman–Crippen MR) is 160 cm³/mol. The van der Waals surface area contributed by atoms with Crippen LogP contribution < -0.4 is 10.1 Å². The number of hydrogen-bond donors (Lipinski definition) is 2. The Morgan fingerprint density at radius 1 is 0.860 bits per heavy atom. The molecule has 0 aliphatic carbocycles. The number of benzene rings is 2. The number of methoxy groups -OCH3 is 2. The summed E-state index contributed by atoms with van der Waals surface area (Å²) in [5.41, 5.74) is 1.90. The Morgan fingerprint density at radius 3 is 2.21 bits per heavy atom. The number of esters is 1. The predicted octanol–water partition coefficient (Wildman–Crippen LogP) is 4.31. The van der Waals surface area contributed by atoms with Gasteiger partial charge >= 0.3 is 5.97 Å². The highest BCUT2D eigenvalue weighted by molar-refractivity contribution is 5.73. The van der Waals surface area contributed by atoms with Crippen molar-refractivity contribution in [2.45, 2.75) is 95.7 Å².